The summed E-state index contributed by atoms with van der Waals surface area (Å²) in [4.78, 5) is 11.6. The fraction of sp³-hybridized carbons (Fsp3) is 0.364. The Bertz CT molecular complexity index is 532. The van der Waals surface area contributed by atoms with Gasteiger partial charge in [-0.05, 0) is 18.5 Å². The molecular formula is C11H14N4O3. The predicted molar refractivity (Wildman–Crippen MR) is 63.3 cm³/mol. The molecule has 96 valence electrons. The summed E-state index contributed by atoms with van der Waals surface area (Å²) < 4.78 is 9.98. The second-order valence-corrected chi connectivity index (χ2v) is 3.74. The summed E-state index contributed by atoms with van der Waals surface area (Å²) in [5.74, 6) is 1.24. The van der Waals surface area contributed by atoms with E-state index in [-0.39, 0.29) is 12.5 Å². The van der Waals surface area contributed by atoms with Crippen LogP contribution in [0.5, 0.6) is 5.88 Å². The summed E-state index contributed by atoms with van der Waals surface area (Å²) in [5, 5.41) is 12.9. The van der Waals surface area contributed by atoms with E-state index in [4.69, 9.17) is 9.26 Å². The van der Waals surface area contributed by atoms with E-state index < -0.39 is 0 Å². The lowest BCUT2D eigenvalue weighted by Gasteiger charge is -2.04. The third kappa shape index (κ3) is 2.88. The van der Waals surface area contributed by atoms with Crippen molar-refractivity contribution in [3.05, 3.63) is 23.6 Å². The molecule has 0 bridgehead atoms. The Morgan fingerprint density at radius 2 is 2.44 bits per heavy atom. The number of aromatic amines is 1. The highest BCUT2D eigenvalue weighted by atomic mass is 16.5. The summed E-state index contributed by atoms with van der Waals surface area (Å²) in [6.45, 7) is 3.60. The molecule has 0 saturated carbocycles. The first-order valence-electron chi connectivity index (χ1n) is 5.57. The third-order valence-electron chi connectivity index (χ3n) is 2.32. The van der Waals surface area contributed by atoms with Gasteiger partial charge >= 0.3 is 0 Å². The van der Waals surface area contributed by atoms with Crippen LogP contribution in [0.3, 0.4) is 0 Å². The van der Waals surface area contributed by atoms with Crippen LogP contribution in [-0.2, 0) is 11.2 Å². The summed E-state index contributed by atoms with van der Waals surface area (Å²) in [6, 6.07) is 1.61. The first-order valence-corrected chi connectivity index (χ1v) is 5.57. The standard InChI is InChI=1S/C11H14N4O3/c1-3-8-5-12-14-11(8)13-9(16)6-17-10-4-7(2)18-15-10/h4-5H,3,6H2,1-2H3,(H2,12,13,14,16). The van der Waals surface area contributed by atoms with Gasteiger partial charge in [0, 0.05) is 11.6 Å². The molecule has 2 aromatic heterocycles. The van der Waals surface area contributed by atoms with Gasteiger partial charge in [-0.3, -0.25) is 9.89 Å². The zero-order valence-corrected chi connectivity index (χ0v) is 10.2. The molecule has 7 nitrogen and oxygen atoms in total. The third-order valence-corrected chi connectivity index (χ3v) is 2.32. The van der Waals surface area contributed by atoms with Gasteiger partial charge in [0.25, 0.3) is 11.8 Å². The molecule has 1 amide bonds. The minimum absolute atomic E-state index is 0.131. The second kappa shape index (κ2) is 5.35. The average Bonchev–Trinajstić information content (AvgIpc) is 2.95. The quantitative estimate of drug-likeness (QED) is 0.833. The normalized spacial score (nSPS) is 10.3. The number of aryl methyl sites for hydroxylation is 2. The number of anilines is 1. The molecule has 18 heavy (non-hydrogen) atoms. The highest BCUT2D eigenvalue weighted by Gasteiger charge is 2.09. The molecule has 0 radical (unpaired) electrons. The maximum absolute atomic E-state index is 11.6. The molecule has 0 aromatic carbocycles. The number of amides is 1. The number of rotatable bonds is 5. The highest BCUT2D eigenvalue weighted by molar-refractivity contribution is 5.91. The smallest absolute Gasteiger partial charge is 0.263 e. The number of H-pyrrole nitrogens is 1. The molecule has 2 aromatic rings. The molecule has 2 heterocycles. The number of nitrogens with zero attached hydrogens (tertiary/aromatic N) is 2. The van der Waals surface area contributed by atoms with E-state index in [0.717, 1.165) is 12.0 Å². The van der Waals surface area contributed by atoms with E-state index in [2.05, 4.69) is 20.7 Å². The van der Waals surface area contributed by atoms with E-state index in [0.29, 0.717) is 17.5 Å². The molecule has 0 saturated heterocycles. The minimum atomic E-state index is -0.283. The molecule has 0 fully saturated rings. The lowest BCUT2D eigenvalue weighted by atomic mass is 10.2. The number of aromatic nitrogens is 3. The molecule has 2 rings (SSSR count). The fourth-order valence-electron chi connectivity index (χ4n) is 1.41. The van der Waals surface area contributed by atoms with Gasteiger partial charge in [0.05, 0.1) is 6.20 Å². The van der Waals surface area contributed by atoms with Gasteiger partial charge < -0.3 is 14.6 Å². The summed E-state index contributed by atoms with van der Waals surface area (Å²) in [7, 11) is 0. The number of ether oxygens (including phenoxy) is 1. The van der Waals surface area contributed by atoms with E-state index in [1.165, 1.54) is 0 Å². The van der Waals surface area contributed by atoms with Crippen molar-refractivity contribution in [2.75, 3.05) is 11.9 Å². The number of nitrogens with one attached hydrogen (secondary N) is 2. The molecule has 7 heteroatoms. The number of carbonyl (C=O) groups is 1. The fourth-order valence-corrected chi connectivity index (χ4v) is 1.41. The van der Waals surface area contributed by atoms with E-state index in [9.17, 15) is 4.79 Å². The Morgan fingerprint density at radius 3 is 3.11 bits per heavy atom. The van der Waals surface area contributed by atoms with Gasteiger partial charge in [0.2, 0.25) is 0 Å². The van der Waals surface area contributed by atoms with E-state index >= 15 is 0 Å². The van der Waals surface area contributed by atoms with Crippen LogP contribution in [0.15, 0.2) is 16.8 Å². The Morgan fingerprint density at radius 1 is 1.61 bits per heavy atom. The topological polar surface area (TPSA) is 93.0 Å². The Hall–Kier alpha value is -2.31. The average molecular weight is 250 g/mol. The lowest BCUT2D eigenvalue weighted by molar-refractivity contribution is -0.118. The predicted octanol–water partition coefficient (Wildman–Crippen LogP) is 1.29. The summed E-state index contributed by atoms with van der Waals surface area (Å²) >= 11 is 0. The van der Waals surface area contributed by atoms with Crippen LogP contribution in [0.4, 0.5) is 5.82 Å². The van der Waals surface area contributed by atoms with Crippen LogP contribution < -0.4 is 10.1 Å². The number of carbonyl (C=O) groups excluding carboxylic acids is 1. The lowest BCUT2D eigenvalue weighted by Crippen LogP contribution is -2.21. The van der Waals surface area contributed by atoms with Gasteiger partial charge in [-0.1, -0.05) is 6.92 Å². The van der Waals surface area contributed by atoms with Gasteiger partial charge in [0.1, 0.15) is 11.6 Å². The number of hydrogen-bond acceptors (Lipinski definition) is 5. The van der Waals surface area contributed by atoms with Crippen LogP contribution in [0.2, 0.25) is 0 Å². The van der Waals surface area contributed by atoms with Crippen LogP contribution in [-0.4, -0.2) is 27.9 Å². The summed E-state index contributed by atoms with van der Waals surface area (Å²) in [5.41, 5.74) is 0.945. The zero-order chi connectivity index (χ0) is 13.0. The minimum Gasteiger partial charge on any atom is -0.465 e. The van der Waals surface area contributed by atoms with Gasteiger partial charge in [-0.25, -0.2) is 0 Å². The Balaban J connectivity index is 1.85. The Labute approximate surface area is 104 Å². The molecule has 0 atom stereocenters. The van der Waals surface area contributed by atoms with Crippen molar-refractivity contribution in [3.8, 4) is 5.88 Å². The maximum atomic E-state index is 11.6. The van der Waals surface area contributed by atoms with Crippen LogP contribution in [0.1, 0.15) is 18.2 Å². The molecule has 0 unspecified atom stereocenters. The second-order valence-electron chi connectivity index (χ2n) is 3.74. The van der Waals surface area contributed by atoms with Crippen LogP contribution in [0.25, 0.3) is 0 Å². The first-order chi connectivity index (χ1) is 8.69. The molecule has 0 aliphatic carbocycles. The van der Waals surface area contributed by atoms with Crippen molar-refractivity contribution < 1.29 is 14.1 Å². The first kappa shape index (κ1) is 12.2. The van der Waals surface area contributed by atoms with E-state index in [1.54, 1.807) is 19.2 Å². The van der Waals surface area contributed by atoms with Crippen molar-refractivity contribution in [2.45, 2.75) is 20.3 Å². The van der Waals surface area contributed by atoms with Gasteiger partial charge in [-0.2, -0.15) is 5.10 Å². The van der Waals surface area contributed by atoms with Crippen LogP contribution in [0, 0.1) is 6.92 Å². The largest absolute Gasteiger partial charge is 0.465 e. The van der Waals surface area contributed by atoms with Crippen molar-refractivity contribution in [1.82, 2.24) is 15.4 Å². The van der Waals surface area contributed by atoms with Crippen molar-refractivity contribution in [2.24, 2.45) is 0 Å². The van der Waals surface area contributed by atoms with Crippen molar-refractivity contribution >= 4 is 11.7 Å². The summed E-state index contributed by atoms with van der Waals surface area (Å²) in [6.07, 6.45) is 2.47. The van der Waals surface area contributed by atoms with Crippen molar-refractivity contribution in [3.63, 3.8) is 0 Å². The Kier molecular flexibility index (Phi) is 3.61. The van der Waals surface area contributed by atoms with E-state index in [1.807, 2.05) is 6.92 Å². The van der Waals surface area contributed by atoms with Gasteiger partial charge in [-0.15, -0.1) is 0 Å². The van der Waals surface area contributed by atoms with Crippen LogP contribution >= 0.6 is 0 Å². The SMILES string of the molecule is CCc1cn[nH]c1NC(=O)COc1cc(C)on1. The maximum Gasteiger partial charge on any atom is 0.263 e. The molecular weight excluding hydrogens is 236 g/mol. The molecule has 2 N–H and O–H groups in total. The molecule has 0 spiro atoms. The van der Waals surface area contributed by atoms with Gasteiger partial charge in [0.15, 0.2) is 6.61 Å². The highest BCUT2D eigenvalue weighted by Crippen LogP contribution is 2.12. The monoisotopic (exact) mass is 250 g/mol. The molecule has 0 aliphatic heterocycles. The van der Waals surface area contributed by atoms with Crippen molar-refractivity contribution in [1.29, 1.82) is 0 Å². The molecule has 0 aliphatic rings. The zero-order valence-electron chi connectivity index (χ0n) is 10.2. The number of hydrogen-bond donors (Lipinski definition) is 2.